The first-order valence-corrected chi connectivity index (χ1v) is 11.5. The summed E-state index contributed by atoms with van der Waals surface area (Å²) in [7, 11) is 1.61. The van der Waals surface area contributed by atoms with Gasteiger partial charge in [0.25, 0.3) is 0 Å². The fourth-order valence-electron chi connectivity index (χ4n) is 4.17. The van der Waals surface area contributed by atoms with Crippen LogP contribution in [0.25, 0.3) is 16.6 Å². The van der Waals surface area contributed by atoms with Crippen molar-refractivity contribution < 1.29 is 14.6 Å². The second-order valence-corrected chi connectivity index (χ2v) is 8.58. The molecule has 1 saturated heterocycles. The highest BCUT2D eigenvalue weighted by atomic mass is 16.5. The fourth-order valence-corrected chi connectivity index (χ4v) is 4.17. The van der Waals surface area contributed by atoms with Gasteiger partial charge in [0.2, 0.25) is 5.88 Å². The first kappa shape index (κ1) is 22.7. The Bertz CT molecular complexity index is 1420. The van der Waals surface area contributed by atoms with Gasteiger partial charge in [0.15, 0.2) is 0 Å². The number of rotatable bonds is 7. The number of phenolic OH excluding ortho intramolecular Hbond substituents is 1. The van der Waals surface area contributed by atoms with Gasteiger partial charge in [0, 0.05) is 29.6 Å². The van der Waals surface area contributed by atoms with Crippen molar-refractivity contribution in [2.24, 2.45) is 10.7 Å². The molecule has 9 heteroatoms. The summed E-state index contributed by atoms with van der Waals surface area (Å²) in [6, 6.07) is 9.25. The molecule has 180 valence electrons. The summed E-state index contributed by atoms with van der Waals surface area (Å²) in [4.78, 5) is 9.07. The Morgan fingerprint density at radius 2 is 2.11 bits per heavy atom. The first-order valence-electron chi connectivity index (χ1n) is 11.5. The fraction of sp³-hybridized carbons (Fsp3) is 0.269. The Morgan fingerprint density at radius 3 is 2.80 bits per heavy atom. The van der Waals surface area contributed by atoms with Crippen molar-refractivity contribution in [3.63, 3.8) is 0 Å². The van der Waals surface area contributed by atoms with E-state index in [2.05, 4.69) is 21.5 Å². The van der Waals surface area contributed by atoms with Crippen LogP contribution in [0.1, 0.15) is 23.6 Å². The molecule has 0 spiro atoms. The molecular formula is C26H28N6O3. The van der Waals surface area contributed by atoms with E-state index in [1.807, 2.05) is 36.8 Å². The molecule has 3 aromatic heterocycles. The predicted molar refractivity (Wildman–Crippen MR) is 136 cm³/mol. The smallest absolute Gasteiger partial charge is 0.213 e. The summed E-state index contributed by atoms with van der Waals surface area (Å²) in [5, 5.41) is 18.0. The Balaban J connectivity index is 1.62. The standard InChI is InChI=1S/C26H28N6O3/c1-4-16-8-19(33)5-6-22(16)31-26(27)21-11-29-32-12-17(20-10-28-24(34-3)7-15(20)2)9-23(32)25(21)30-18-13-35-14-18/h5-12,18,30,33H,4,13-14H2,1-3H3,(H2,27,31). The monoisotopic (exact) mass is 472 g/mol. The highest BCUT2D eigenvalue weighted by Gasteiger charge is 2.23. The molecule has 0 aliphatic carbocycles. The summed E-state index contributed by atoms with van der Waals surface area (Å²) >= 11 is 0. The topological polar surface area (TPSA) is 119 Å². The number of hydrogen-bond donors (Lipinski definition) is 3. The summed E-state index contributed by atoms with van der Waals surface area (Å²) in [6.45, 7) is 5.29. The number of nitrogens with two attached hydrogens (primary N) is 1. The third kappa shape index (κ3) is 4.38. The second kappa shape index (κ2) is 9.27. The van der Waals surface area contributed by atoms with Crippen molar-refractivity contribution in [2.45, 2.75) is 26.3 Å². The molecule has 0 saturated carbocycles. The Kier molecular flexibility index (Phi) is 6.00. The van der Waals surface area contributed by atoms with Gasteiger partial charge in [-0.3, -0.25) is 0 Å². The van der Waals surface area contributed by atoms with Gasteiger partial charge in [-0.2, -0.15) is 5.10 Å². The van der Waals surface area contributed by atoms with Crippen LogP contribution in [0.4, 0.5) is 11.4 Å². The van der Waals surface area contributed by atoms with Crippen molar-refractivity contribution in [3.8, 4) is 22.8 Å². The van der Waals surface area contributed by atoms with E-state index >= 15 is 0 Å². The van der Waals surface area contributed by atoms with Gasteiger partial charge in [0.05, 0.1) is 55.0 Å². The summed E-state index contributed by atoms with van der Waals surface area (Å²) < 4.78 is 12.5. The molecule has 4 aromatic rings. The number of nitrogens with one attached hydrogen (secondary N) is 1. The minimum absolute atomic E-state index is 0.176. The molecule has 4 N–H and O–H groups in total. The molecule has 0 amide bonds. The lowest BCUT2D eigenvalue weighted by Gasteiger charge is -2.29. The SMILES string of the molecule is CCc1cc(O)ccc1N=C(N)c1cnn2cc(-c3cnc(OC)cc3C)cc2c1NC1COC1. The number of ether oxygens (including phenoxy) is 2. The lowest BCUT2D eigenvalue weighted by molar-refractivity contribution is 0.0211. The number of aliphatic imine (C=N–C) groups is 1. The van der Waals surface area contributed by atoms with E-state index in [1.165, 1.54) is 0 Å². The number of aromatic nitrogens is 3. The van der Waals surface area contributed by atoms with Crippen LogP contribution in [0.3, 0.4) is 0 Å². The summed E-state index contributed by atoms with van der Waals surface area (Å²) in [6.07, 6.45) is 6.23. The maximum Gasteiger partial charge on any atom is 0.213 e. The number of phenols is 1. The quantitative estimate of drug-likeness (QED) is 0.276. The minimum atomic E-state index is 0.176. The maximum atomic E-state index is 9.83. The van der Waals surface area contributed by atoms with E-state index in [0.29, 0.717) is 30.5 Å². The third-order valence-electron chi connectivity index (χ3n) is 6.19. The highest BCUT2D eigenvalue weighted by Crippen LogP contribution is 2.32. The molecule has 0 atom stereocenters. The molecule has 9 nitrogen and oxygen atoms in total. The number of hydrogen-bond acceptors (Lipinski definition) is 7. The number of pyridine rings is 1. The van der Waals surface area contributed by atoms with Crippen LogP contribution in [0, 0.1) is 6.92 Å². The van der Waals surface area contributed by atoms with Crippen molar-refractivity contribution in [1.82, 2.24) is 14.6 Å². The van der Waals surface area contributed by atoms with Gasteiger partial charge >= 0.3 is 0 Å². The van der Waals surface area contributed by atoms with Crippen LogP contribution in [-0.4, -0.2) is 51.9 Å². The van der Waals surface area contributed by atoms with E-state index in [1.54, 1.807) is 31.5 Å². The normalized spacial score (nSPS) is 14.2. The van der Waals surface area contributed by atoms with Crippen molar-refractivity contribution in [2.75, 3.05) is 25.6 Å². The van der Waals surface area contributed by atoms with E-state index in [9.17, 15) is 5.11 Å². The van der Waals surface area contributed by atoms with E-state index in [4.69, 9.17) is 20.2 Å². The Hall–Kier alpha value is -4.11. The second-order valence-electron chi connectivity index (χ2n) is 8.58. The summed E-state index contributed by atoms with van der Waals surface area (Å²) in [5.74, 6) is 1.12. The predicted octanol–water partition coefficient (Wildman–Crippen LogP) is 3.83. The van der Waals surface area contributed by atoms with Crippen molar-refractivity contribution in [3.05, 3.63) is 65.6 Å². The van der Waals surface area contributed by atoms with Crippen LogP contribution in [-0.2, 0) is 11.2 Å². The number of benzene rings is 1. The van der Waals surface area contributed by atoms with Crippen molar-refractivity contribution >= 4 is 22.7 Å². The average Bonchev–Trinajstić information content (AvgIpc) is 3.26. The molecule has 5 rings (SSSR count). The van der Waals surface area contributed by atoms with Crippen LogP contribution in [0.2, 0.25) is 0 Å². The van der Waals surface area contributed by atoms with Crippen molar-refractivity contribution in [1.29, 1.82) is 0 Å². The van der Waals surface area contributed by atoms with Gasteiger partial charge in [0.1, 0.15) is 11.6 Å². The first-order chi connectivity index (χ1) is 17.0. The molecule has 0 radical (unpaired) electrons. The highest BCUT2D eigenvalue weighted by molar-refractivity contribution is 6.06. The van der Waals surface area contributed by atoms with E-state index in [-0.39, 0.29) is 11.8 Å². The molecule has 1 aliphatic rings. The minimum Gasteiger partial charge on any atom is -0.508 e. The Morgan fingerprint density at radius 1 is 1.29 bits per heavy atom. The largest absolute Gasteiger partial charge is 0.508 e. The zero-order chi connectivity index (χ0) is 24.5. The molecule has 4 heterocycles. The number of fused-ring (bicyclic) bond motifs is 1. The maximum absolute atomic E-state index is 9.83. The average molecular weight is 473 g/mol. The van der Waals surface area contributed by atoms with Crippen LogP contribution in [0.5, 0.6) is 11.6 Å². The number of aryl methyl sites for hydroxylation is 2. The van der Waals surface area contributed by atoms with Gasteiger partial charge in [-0.05, 0) is 48.7 Å². The lowest BCUT2D eigenvalue weighted by Crippen LogP contribution is -2.41. The van der Waals surface area contributed by atoms with E-state index < -0.39 is 0 Å². The molecule has 1 aromatic carbocycles. The molecular weight excluding hydrogens is 444 g/mol. The molecule has 0 bridgehead atoms. The molecule has 35 heavy (non-hydrogen) atoms. The van der Waals surface area contributed by atoms with E-state index in [0.717, 1.165) is 45.6 Å². The Labute approximate surface area is 203 Å². The van der Waals surface area contributed by atoms with Crippen LogP contribution >= 0.6 is 0 Å². The number of aromatic hydroxyl groups is 1. The number of amidine groups is 1. The van der Waals surface area contributed by atoms with Gasteiger partial charge < -0.3 is 25.6 Å². The number of methoxy groups -OCH3 is 1. The summed E-state index contributed by atoms with van der Waals surface area (Å²) in [5.41, 5.74) is 13.6. The molecule has 0 unspecified atom stereocenters. The molecule has 1 fully saturated rings. The zero-order valence-electron chi connectivity index (χ0n) is 19.9. The molecule has 1 aliphatic heterocycles. The van der Waals surface area contributed by atoms with Crippen LogP contribution in [0.15, 0.2) is 53.9 Å². The number of anilines is 1. The third-order valence-corrected chi connectivity index (χ3v) is 6.19. The van der Waals surface area contributed by atoms with Gasteiger partial charge in [-0.1, -0.05) is 6.92 Å². The van der Waals surface area contributed by atoms with Crippen LogP contribution < -0.4 is 15.8 Å². The van der Waals surface area contributed by atoms with Gasteiger partial charge in [-0.15, -0.1) is 0 Å². The van der Waals surface area contributed by atoms with Gasteiger partial charge in [-0.25, -0.2) is 14.5 Å². The number of nitrogens with zero attached hydrogens (tertiary/aromatic N) is 4. The lowest BCUT2D eigenvalue weighted by atomic mass is 10.1. The zero-order valence-corrected chi connectivity index (χ0v) is 19.9.